The third-order valence-corrected chi connectivity index (χ3v) is 9.13. The summed E-state index contributed by atoms with van der Waals surface area (Å²) in [5, 5.41) is 10.2. The number of aliphatic hydroxyl groups is 1. The van der Waals surface area contributed by atoms with E-state index in [1.807, 2.05) is 7.11 Å². The van der Waals surface area contributed by atoms with Crippen LogP contribution in [-0.4, -0.2) is 24.4 Å². The van der Waals surface area contributed by atoms with Crippen LogP contribution in [0.4, 0.5) is 0 Å². The molecule has 0 radical (unpaired) electrons. The largest absolute Gasteiger partial charge is 0.393 e. The summed E-state index contributed by atoms with van der Waals surface area (Å²) in [6.45, 7) is 7.34. The quantitative estimate of drug-likeness (QED) is 0.688. The van der Waals surface area contributed by atoms with Crippen molar-refractivity contribution in [2.75, 3.05) is 7.11 Å². The molecule has 4 aliphatic rings. The molecule has 0 bridgehead atoms. The molecule has 0 amide bonds. The van der Waals surface area contributed by atoms with E-state index in [2.05, 4.69) is 26.8 Å². The molecule has 4 aliphatic carbocycles. The molecule has 2 nitrogen and oxygen atoms in total. The fraction of sp³-hybridized carbons (Fsp3) is 0.909. The normalized spacial score (nSPS) is 55.8. The van der Waals surface area contributed by atoms with Gasteiger partial charge in [-0.2, -0.15) is 0 Å². The maximum absolute atomic E-state index is 10.2. The predicted octanol–water partition coefficient (Wildman–Crippen LogP) is 4.96. The van der Waals surface area contributed by atoms with Gasteiger partial charge in [0, 0.05) is 7.11 Å². The van der Waals surface area contributed by atoms with Gasteiger partial charge in [-0.1, -0.05) is 25.5 Å². The zero-order chi connectivity index (χ0) is 17.1. The first-order valence-electron chi connectivity index (χ1n) is 10.3. The van der Waals surface area contributed by atoms with Crippen molar-refractivity contribution < 1.29 is 9.84 Å². The van der Waals surface area contributed by atoms with Gasteiger partial charge in [-0.25, -0.2) is 0 Å². The Morgan fingerprint density at radius 3 is 2.58 bits per heavy atom. The van der Waals surface area contributed by atoms with E-state index in [4.69, 9.17) is 4.74 Å². The highest BCUT2D eigenvalue weighted by molar-refractivity contribution is 5.24. The van der Waals surface area contributed by atoms with Gasteiger partial charge >= 0.3 is 0 Å². The van der Waals surface area contributed by atoms with Crippen molar-refractivity contribution in [3.05, 3.63) is 11.6 Å². The zero-order valence-corrected chi connectivity index (χ0v) is 16.1. The fourth-order valence-electron chi connectivity index (χ4n) is 7.75. The van der Waals surface area contributed by atoms with Crippen LogP contribution >= 0.6 is 0 Å². The summed E-state index contributed by atoms with van der Waals surface area (Å²) in [7, 11) is 1.93. The lowest BCUT2D eigenvalue weighted by Crippen LogP contribution is -2.58. The first-order valence-corrected chi connectivity index (χ1v) is 10.3. The highest BCUT2D eigenvalue weighted by atomic mass is 16.5. The molecule has 0 saturated heterocycles. The second-order valence-electron chi connectivity index (χ2n) is 9.74. The number of allylic oxidation sites excluding steroid dienone is 2. The summed E-state index contributed by atoms with van der Waals surface area (Å²) in [6.07, 6.45) is 12.5. The summed E-state index contributed by atoms with van der Waals surface area (Å²) in [5.41, 5.74) is 2.57. The molecular formula is C22H36O2. The number of rotatable bonds is 1. The minimum Gasteiger partial charge on any atom is -0.393 e. The van der Waals surface area contributed by atoms with Gasteiger partial charge in [0.25, 0.3) is 0 Å². The molecule has 24 heavy (non-hydrogen) atoms. The van der Waals surface area contributed by atoms with E-state index >= 15 is 0 Å². The number of ether oxygens (including phenoxy) is 1. The van der Waals surface area contributed by atoms with Crippen LogP contribution in [0.15, 0.2) is 11.6 Å². The monoisotopic (exact) mass is 332 g/mol. The summed E-state index contributed by atoms with van der Waals surface area (Å²) >= 11 is 0. The minimum absolute atomic E-state index is 0.0768. The topological polar surface area (TPSA) is 29.5 Å². The van der Waals surface area contributed by atoms with Crippen LogP contribution < -0.4 is 0 Å². The number of methoxy groups -OCH3 is 1. The first kappa shape index (κ1) is 17.1. The zero-order valence-electron chi connectivity index (χ0n) is 16.1. The summed E-state index contributed by atoms with van der Waals surface area (Å²) in [6, 6.07) is 0. The van der Waals surface area contributed by atoms with Crippen molar-refractivity contribution in [2.24, 2.45) is 34.5 Å². The maximum Gasteiger partial charge on any atom is 0.0608 e. The van der Waals surface area contributed by atoms with E-state index in [-0.39, 0.29) is 6.10 Å². The second-order valence-corrected chi connectivity index (χ2v) is 9.74. The van der Waals surface area contributed by atoms with Crippen molar-refractivity contribution in [3.8, 4) is 0 Å². The molecule has 4 saturated carbocycles. The van der Waals surface area contributed by atoms with Crippen LogP contribution in [0.1, 0.15) is 72.1 Å². The number of aliphatic hydroxyl groups excluding tert-OH is 1. The van der Waals surface area contributed by atoms with Crippen LogP contribution in [-0.2, 0) is 4.74 Å². The molecule has 2 heteroatoms. The molecule has 1 N–H and O–H groups in total. The standard InChI is InChI=1S/C22H36O2/c1-5-14-6-7-17-20-18(9-11-21(14,17)2)22(3)10-8-16(23)12-15(22)13-19(20)24-4/h5,15-20,23H,6-13H2,1-4H3/b14-5-/t15-,16+,17+,18+,19+,20+,21-,22+/m1/s1. The fourth-order valence-corrected chi connectivity index (χ4v) is 7.75. The molecule has 8 atom stereocenters. The molecule has 4 rings (SSSR count). The molecule has 0 aromatic rings. The Bertz CT molecular complexity index is 526. The number of hydrogen-bond acceptors (Lipinski definition) is 2. The Morgan fingerprint density at radius 1 is 1.08 bits per heavy atom. The molecule has 0 heterocycles. The van der Waals surface area contributed by atoms with Crippen molar-refractivity contribution in [2.45, 2.75) is 84.3 Å². The van der Waals surface area contributed by atoms with Gasteiger partial charge < -0.3 is 9.84 Å². The molecule has 136 valence electrons. The van der Waals surface area contributed by atoms with Crippen LogP contribution in [0.2, 0.25) is 0 Å². The van der Waals surface area contributed by atoms with Gasteiger partial charge in [-0.15, -0.1) is 0 Å². The Kier molecular flexibility index (Phi) is 4.16. The Hall–Kier alpha value is -0.340. The average molecular weight is 333 g/mol. The lowest BCUT2D eigenvalue weighted by atomic mass is 9.44. The second kappa shape index (κ2) is 5.84. The van der Waals surface area contributed by atoms with E-state index < -0.39 is 0 Å². The Balaban J connectivity index is 1.70. The molecule has 4 fully saturated rings. The first-order chi connectivity index (χ1) is 11.4. The maximum atomic E-state index is 10.2. The lowest BCUT2D eigenvalue weighted by Gasteiger charge is -2.62. The van der Waals surface area contributed by atoms with Gasteiger partial charge in [-0.3, -0.25) is 0 Å². The highest BCUT2D eigenvalue weighted by Gasteiger charge is 2.61. The highest BCUT2D eigenvalue weighted by Crippen LogP contribution is 2.67. The van der Waals surface area contributed by atoms with Crippen LogP contribution in [0.3, 0.4) is 0 Å². The van der Waals surface area contributed by atoms with Gasteiger partial charge in [-0.05, 0) is 92.8 Å². The van der Waals surface area contributed by atoms with Gasteiger partial charge in [0.2, 0.25) is 0 Å². The summed E-state index contributed by atoms with van der Waals surface area (Å²) in [4.78, 5) is 0. The Labute approximate surface area is 148 Å². The van der Waals surface area contributed by atoms with Crippen LogP contribution in [0.25, 0.3) is 0 Å². The van der Waals surface area contributed by atoms with E-state index in [0.29, 0.717) is 22.9 Å². The van der Waals surface area contributed by atoms with E-state index in [1.54, 1.807) is 5.57 Å². The Morgan fingerprint density at radius 2 is 1.88 bits per heavy atom. The van der Waals surface area contributed by atoms with Gasteiger partial charge in [0.15, 0.2) is 0 Å². The molecule has 0 unspecified atom stereocenters. The molecule has 0 aliphatic heterocycles. The van der Waals surface area contributed by atoms with E-state index in [0.717, 1.165) is 30.6 Å². The molecule has 0 aromatic carbocycles. The van der Waals surface area contributed by atoms with Gasteiger partial charge in [0.05, 0.1) is 12.2 Å². The lowest BCUT2D eigenvalue weighted by molar-refractivity contribution is -0.173. The average Bonchev–Trinajstić information content (AvgIpc) is 2.91. The number of fused-ring (bicyclic) bond motifs is 5. The summed E-state index contributed by atoms with van der Waals surface area (Å²) < 4.78 is 6.11. The molecule has 0 aromatic heterocycles. The van der Waals surface area contributed by atoms with Crippen LogP contribution in [0, 0.1) is 34.5 Å². The minimum atomic E-state index is -0.0768. The van der Waals surface area contributed by atoms with Crippen molar-refractivity contribution in [1.82, 2.24) is 0 Å². The third-order valence-electron chi connectivity index (χ3n) is 9.13. The van der Waals surface area contributed by atoms with Gasteiger partial charge in [0.1, 0.15) is 0 Å². The smallest absolute Gasteiger partial charge is 0.0608 e. The van der Waals surface area contributed by atoms with Crippen molar-refractivity contribution in [1.29, 1.82) is 0 Å². The van der Waals surface area contributed by atoms with E-state index in [9.17, 15) is 5.11 Å². The predicted molar refractivity (Wildman–Crippen MR) is 97.7 cm³/mol. The number of hydrogen-bond donors (Lipinski definition) is 1. The van der Waals surface area contributed by atoms with Crippen molar-refractivity contribution in [3.63, 3.8) is 0 Å². The van der Waals surface area contributed by atoms with Crippen molar-refractivity contribution >= 4 is 0 Å². The summed E-state index contributed by atoms with van der Waals surface area (Å²) in [5.74, 6) is 2.97. The SMILES string of the molecule is C/C=C1/CC[C@H]2[C@@H]3[C@@H](OC)C[C@H]4C[C@@H](O)CC[C@]4(C)[C@H]3CC[C@]12C. The van der Waals surface area contributed by atoms with E-state index in [1.165, 1.54) is 38.5 Å². The van der Waals surface area contributed by atoms with Crippen LogP contribution in [0.5, 0.6) is 0 Å². The third kappa shape index (κ3) is 2.21. The molecule has 0 spiro atoms. The molecular weight excluding hydrogens is 296 g/mol.